The zero-order chi connectivity index (χ0) is 24.6. The first-order valence-electron chi connectivity index (χ1n) is 13.2. The van der Waals surface area contributed by atoms with E-state index in [0.29, 0.717) is 5.13 Å². The van der Waals surface area contributed by atoms with E-state index in [-0.39, 0.29) is 6.03 Å². The highest BCUT2D eigenvalue weighted by Crippen LogP contribution is 2.33. The molecule has 7 nitrogen and oxygen atoms in total. The number of ether oxygens (including phenoxy) is 1. The van der Waals surface area contributed by atoms with Gasteiger partial charge >= 0.3 is 6.03 Å². The third-order valence-electron chi connectivity index (χ3n) is 7.34. The molecule has 35 heavy (non-hydrogen) atoms. The monoisotopic (exact) mass is 499 g/mol. The van der Waals surface area contributed by atoms with Crippen molar-refractivity contribution in [2.75, 3.05) is 51.7 Å². The van der Waals surface area contributed by atoms with Crippen LogP contribution in [-0.4, -0.2) is 73.2 Å². The summed E-state index contributed by atoms with van der Waals surface area (Å²) in [5.74, 6) is 1.65. The van der Waals surface area contributed by atoms with Crippen molar-refractivity contribution >= 4 is 22.5 Å². The van der Waals surface area contributed by atoms with Gasteiger partial charge in [0.05, 0.1) is 12.8 Å². The number of methoxy groups -OCH3 is 1. The molecular formula is C27H41N5O2S. The summed E-state index contributed by atoms with van der Waals surface area (Å²) in [5.41, 5.74) is 3.08. The van der Waals surface area contributed by atoms with Gasteiger partial charge in [0, 0.05) is 43.2 Å². The maximum Gasteiger partial charge on any atom is 0.323 e. The van der Waals surface area contributed by atoms with Crippen LogP contribution in [0.5, 0.6) is 5.75 Å². The minimum atomic E-state index is -0.0541. The van der Waals surface area contributed by atoms with E-state index in [9.17, 15) is 4.79 Å². The Morgan fingerprint density at radius 3 is 2.77 bits per heavy atom. The lowest BCUT2D eigenvalue weighted by Crippen LogP contribution is -2.50. The van der Waals surface area contributed by atoms with E-state index < -0.39 is 0 Å². The minimum absolute atomic E-state index is 0.0541. The molecule has 2 atom stereocenters. The Morgan fingerprint density at radius 1 is 1.20 bits per heavy atom. The number of piperazine rings is 1. The first-order valence-corrected chi connectivity index (χ1v) is 14.1. The van der Waals surface area contributed by atoms with Crippen LogP contribution in [0.2, 0.25) is 0 Å². The van der Waals surface area contributed by atoms with Gasteiger partial charge in [-0.05, 0) is 68.8 Å². The number of benzene rings is 1. The zero-order valence-corrected chi connectivity index (χ0v) is 22.3. The molecule has 2 aliphatic rings. The molecule has 0 bridgehead atoms. The summed E-state index contributed by atoms with van der Waals surface area (Å²) < 4.78 is 5.56. The SMILES string of the molecule is CCCc1ccc(OC)c(-c2csc(NC(=O)N3CCN(CCC4CCC(NCC)C4)CC3)n2)c1. The van der Waals surface area contributed by atoms with Gasteiger partial charge < -0.3 is 15.0 Å². The van der Waals surface area contributed by atoms with Crippen LogP contribution in [0, 0.1) is 5.92 Å². The van der Waals surface area contributed by atoms with Crippen molar-refractivity contribution in [3.8, 4) is 17.0 Å². The summed E-state index contributed by atoms with van der Waals surface area (Å²) in [5, 5.41) is 9.24. The van der Waals surface area contributed by atoms with Crippen molar-refractivity contribution < 1.29 is 9.53 Å². The first-order chi connectivity index (χ1) is 17.1. The number of anilines is 1. The van der Waals surface area contributed by atoms with E-state index in [0.717, 1.165) is 81.1 Å². The highest BCUT2D eigenvalue weighted by Gasteiger charge is 2.26. The molecule has 2 aromatic rings. The van der Waals surface area contributed by atoms with Crippen LogP contribution in [0.3, 0.4) is 0 Å². The van der Waals surface area contributed by atoms with Gasteiger partial charge in [-0.2, -0.15) is 0 Å². The van der Waals surface area contributed by atoms with E-state index in [1.807, 2.05) is 16.3 Å². The van der Waals surface area contributed by atoms with Gasteiger partial charge in [0.2, 0.25) is 0 Å². The van der Waals surface area contributed by atoms with Crippen LogP contribution in [0.15, 0.2) is 23.6 Å². The molecule has 4 rings (SSSR count). The molecule has 1 aliphatic heterocycles. The molecule has 1 saturated carbocycles. The van der Waals surface area contributed by atoms with Crippen molar-refractivity contribution in [3.05, 3.63) is 29.1 Å². The molecule has 0 spiro atoms. The second kappa shape index (κ2) is 12.7. The maximum atomic E-state index is 12.9. The number of thiazole rings is 1. The highest BCUT2D eigenvalue weighted by atomic mass is 32.1. The Labute approximate surface area is 214 Å². The smallest absolute Gasteiger partial charge is 0.323 e. The zero-order valence-electron chi connectivity index (χ0n) is 21.5. The molecular weight excluding hydrogens is 458 g/mol. The molecule has 1 aromatic heterocycles. The minimum Gasteiger partial charge on any atom is -0.496 e. The van der Waals surface area contributed by atoms with E-state index >= 15 is 0 Å². The normalized spacial score (nSPS) is 20.8. The van der Waals surface area contributed by atoms with Crippen LogP contribution < -0.4 is 15.4 Å². The van der Waals surface area contributed by atoms with Crippen molar-refractivity contribution in [1.29, 1.82) is 0 Å². The average molecular weight is 500 g/mol. The molecule has 1 saturated heterocycles. The van der Waals surface area contributed by atoms with E-state index in [4.69, 9.17) is 9.72 Å². The number of aryl methyl sites for hydroxylation is 1. The van der Waals surface area contributed by atoms with E-state index in [1.165, 1.54) is 42.6 Å². The predicted molar refractivity (Wildman–Crippen MR) is 145 cm³/mol. The summed E-state index contributed by atoms with van der Waals surface area (Å²) in [6.07, 6.45) is 7.38. The standard InChI is InChI=1S/C27H41N5O2S/c1-4-6-20-8-10-25(34-3)23(18-20)24-19-35-26(29-24)30-27(33)32-15-13-31(14-16-32)12-11-21-7-9-22(17-21)28-5-2/h8,10,18-19,21-22,28H,4-7,9,11-17H2,1-3H3,(H,29,30,33). The van der Waals surface area contributed by atoms with Gasteiger partial charge in [0.1, 0.15) is 5.75 Å². The topological polar surface area (TPSA) is 69.7 Å². The number of carbonyl (C=O) groups excluding carboxylic acids is 1. The fourth-order valence-corrected chi connectivity index (χ4v) is 6.08. The molecule has 8 heteroatoms. The second-order valence-corrected chi connectivity index (χ2v) is 10.7. The molecule has 2 heterocycles. The number of hydrogen-bond donors (Lipinski definition) is 2. The van der Waals surface area contributed by atoms with Crippen molar-refractivity contribution in [1.82, 2.24) is 20.1 Å². The van der Waals surface area contributed by atoms with Crippen molar-refractivity contribution in [2.45, 2.75) is 58.4 Å². The molecule has 1 aliphatic carbocycles. The largest absolute Gasteiger partial charge is 0.496 e. The first kappa shape index (κ1) is 25.9. The fraction of sp³-hybridized carbons (Fsp3) is 0.630. The lowest BCUT2D eigenvalue weighted by Gasteiger charge is -2.35. The predicted octanol–water partition coefficient (Wildman–Crippen LogP) is 5.09. The maximum absolute atomic E-state index is 12.9. The van der Waals surface area contributed by atoms with E-state index in [2.05, 4.69) is 41.5 Å². The molecule has 2 N–H and O–H groups in total. The summed E-state index contributed by atoms with van der Waals surface area (Å²) >= 11 is 1.46. The Hall–Kier alpha value is -2.16. The van der Waals surface area contributed by atoms with Crippen LogP contribution in [0.1, 0.15) is 51.5 Å². The van der Waals surface area contributed by atoms with Crippen LogP contribution in [-0.2, 0) is 6.42 Å². The van der Waals surface area contributed by atoms with Gasteiger partial charge in [-0.1, -0.05) is 26.3 Å². The number of aromatic nitrogens is 1. The van der Waals surface area contributed by atoms with Gasteiger partial charge in [-0.3, -0.25) is 10.2 Å². The Kier molecular flexibility index (Phi) is 9.40. The third-order valence-corrected chi connectivity index (χ3v) is 8.10. The summed E-state index contributed by atoms with van der Waals surface area (Å²) in [6, 6.07) is 6.92. The third kappa shape index (κ3) is 6.96. The lowest BCUT2D eigenvalue weighted by molar-refractivity contribution is 0.142. The van der Waals surface area contributed by atoms with Gasteiger partial charge in [-0.25, -0.2) is 9.78 Å². The number of amides is 2. The summed E-state index contributed by atoms with van der Waals surface area (Å²) in [7, 11) is 1.68. The number of nitrogens with zero attached hydrogens (tertiary/aromatic N) is 3. The molecule has 1 aromatic carbocycles. The van der Waals surface area contributed by atoms with Gasteiger partial charge in [-0.15, -0.1) is 11.3 Å². The molecule has 2 unspecified atom stereocenters. The van der Waals surface area contributed by atoms with Gasteiger partial charge in [0.15, 0.2) is 5.13 Å². The number of hydrogen-bond acceptors (Lipinski definition) is 6. The van der Waals surface area contributed by atoms with Crippen molar-refractivity contribution in [2.24, 2.45) is 5.92 Å². The number of urea groups is 1. The number of rotatable bonds is 10. The number of carbonyl (C=O) groups is 1. The Morgan fingerprint density at radius 2 is 2.03 bits per heavy atom. The second-order valence-electron chi connectivity index (χ2n) is 9.80. The van der Waals surface area contributed by atoms with Gasteiger partial charge in [0.25, 0.3) is 0 Å². The molecule has 192 valence electrons. The van der Waals surface area contributed by atoms with E-state index in [1.54, 1.807) is 7.11 Å². The molecule has 2 fully saturated rings. The Balaban J connectivity index is 1.25. The average Bonchev–Trinajstić information content (AvgIpc) is 3.53. The highest BCUT2D eigenvalue weighted by molar-refractivity contribution is 7.14. The number of nitrogens with one attached hydrogen (secondary N) is 2. The quantitative estimate of drug-likeness (QED) is 0.477. The van der Waals surface area contributed by atoms with Crippen molar-refractivity contribution in [3.63, 3.8) is 0 Å². The molecule has 0 radical (unpaired) electrons. The van der Waals surface area contributed by atoms with Crippen LogP contribution in [0.4, 0.5) is 9.93 Å². The van der Waals surface area contributed by atoms with Crippen LogP contribution >= 0.6 is 11.3 Å². The van der Waals surface area contributed by atoms with Crippen LogP contribution in [0.25, 0.3) is 11.3 Å². The lowest BCUT2D eigenvalue weighted by atomic mass is 10.0. The Bertz CT molecular complexity index is 957. The molecule has 2 amide bonds. The summed E-state index contributed by atoms with van der Waals surface area (Å²) in [4.78, 5) is 22.0. The fourth-order valence-electron chi connectivity index (χ4n) is 5.38. The summed E-state index contributed by atoms with van der Waals surface area (Å²) in [6.45, 7) is 10.0.